The van der Waals surface area contributed by atoms with Crippen molar-refractivity contribution in [3.63, 3.8) is 0 Å². The van der Waals surface area contributed by atoms with Crippen molar-refractivity contribution in [2.24, 2.45) is 0 Å². The topological polar surface area (TPSA) is 84.3 Å². The number of nitrogens with one attached hydrogen (secondary N) is 1. The summed E-state index contributed by atoms with van der Waals surface area (Å²) < 4.78 is 28.7. The number of sulfonamides is 1. The lowest BCUT2D eigenvalue weighted by Crippen LogP contribution is -2.31. The van der Waals surface area contributed by atoms with Crippen molar-refractivity contribution < 1.29 is 13.2 Å². The van der Waals surface area contributed by atoms with Crippen LogP contribution in [0.25, 0.3) is 10.8 Å². The molecule has 0 aliphatic rings. The second-order valence-corrected chi connectivity index (χ2v) is 8.73. The minimum absolute atomic E-state index is 0.0622. The van der Waals surface area contributed by atoms with Gasteiger partial charge in [-0.15, -0.1) is 0 Å². The lowest BCUT2D eigenvalue weighted by molar-refractivity contribution is -0.116. The third-order valence-electron chi connectivity index (χ3n) is 4.94. The van der Waals surface area contributed by atoms with E-state index in [1.807, 2.05) is 42.5 Å². The fraction of sp³-hybridized carbons (Fsp3) is 0.333. The Hall–Kier alpha value is -2.71. The Morgan fingerprint density at radius 2 is 1.72 bits per heavy atom. The summed E-state index contributed by atoms with van der Waals surface area (Å²) in [6.45, 7) is 7.63. The zero-order valence-corrected chi connectivity index (χ0v) is 18.0. The van der Waals surface area contributed by atoms with Crippen LogP contribution in [0.4, 0.5) is 5.69 Å². The molecular formula is C21H26N4O3S. The molecule has 0 fully saturated rings. The van der Waals surface area contributed by atoms with Crippen LogP contribution in [0, 0.1) is 13.8 Å². The van der Waals surface area contributed by atoms with Crippen molar-refractivity contribution in [1.29, 1.82) is 0 Å². The highest BCUT2D eigenvalue weighted by Gasteiger charge is 2.29. The van der Waals surface area contributed by atoms with E-state index in [-0.39, 0.29) is 17.3 Å². The Morgan fingerprint density at radius 1 is 1.07 bits per heavy atom. The van der Waals surface area contributed by atoms with E-state index in [9.17, 15) is 13.2 Å². The molecule has 1 amide bonds. The maximum Gasteiger partial charge on any atom is 0.246 e. The van der Waals surface area contributed by atoms with Gasteiger partial charge in [0.1, 0.15) is 11.4 Å². The summed E-state index contributed by atoms with van der Waals surface area (Å²) in [5.41, 5.74) is 1.54. The molecule has 0 saturated heterocycles. The van der Waals surface area contributed by atoms with Gasteiger partial charge in [0.2, 0.25) is 15.9 Å². The fourth-order valence-electron chi connectivity index (χ4n) is 3.50. The average molecular weight is 415 g/mol. The number of hydrogen-bond donors (Lipinski definition) is 1. The minimum Gasteiger partial charge on any atom is -0.324 e. The number of anilines is 1. The maximum atomic E-state index is 12.9. The summed E-state index contributed by atoms with van der Waals surface area (Å²) in [5, 5.41) is 9.30. The summed E-state index contributed by atoms with van der Waals surface area (Å²) in [6.07, 6.45) is 0. The first-order valence-corrected chi connectivity index (χ1v) is 11.0. The molecule has 0 spiro atoms. The number of hydrogen-bond acceptors (Lipinski definition) is 4. The van der Waals surface area contributed by atoms with Crippen molar-refractivity contribution in [3.05, 3.63) is 53.9 Å². The molecule has 8 heteroatoms. The summed E-state index contributed by atoms with van der Waals surface area (Å²) >= 11 is 0. The Kier molecular flexibility index (Phi) is 6.04. The van der Waals surface area contributed by atoms with Crippen molar-refractivity contribution >= 4 is 32.4 Å². The minimum atomic E-state index is -3.64. The van der Waals surface area contributed by atoms with E-state index >= 15 is 0 Å². The number of fused-ring (bicyclic) bond motifs is 1. The van der Waals surface area contributed by atoms with Crippen molar-refractivity contribution in [3.8, 4) is 0 Å². The van der Waals surface area contributed by atoms with Crippen LogP contribution in [-0.4, -0.2) is 41.5 Å². The van der Waals surface area contributed by atoms with Gasteiger partial charge < -0.3 is 5.32 Å². The molecule has 0 aliphatic heterocycles. The van der Waals surface area contributed by atoms with Crippen LogP contribution >= 0.6 is 0 Å². The monoisotopic (exact) mass is 414 g/mol. The number of rotatable bonds is 7. The molecule has 3 rings (SSSR count). The summed E-state index contributed by atoms with van der Waals surface area (Å²) in [6, 6.07) is 13.6. The van der Waals surface area contributed by atoms with Gasteiger partial charge in [-0.05, 0) is 36.8 Å². The zero-order valence-electron chi connectivity index (χ0n) is 17.1. The highest BCUT2D eigenvalue weighted by molar-refractivity contribution is 7.89. The number of amides is 1. The highest BCUT2D eigenvalue weighted by Crippen LogP contribution is 2.24. The van der Waals surface area contributed by atoms with Gasteiger partial charge in [-0.2, -0.15) is 9.40 Å². The lowest BCUT2D eigenvalue weighted by atomic mass is 10.1. The first-order chi connectivity index (χ1) is 13.8. The van der Waals surface area contributed by atoms with E-state index in [1.54, 1.807) is 27.7 Å². The normalized spacial score (nSPS) is 11.9. The second-order valence-electron chi connectivity index (χ2n) is 6.86. The highest BCUT2D eigenvalue weighted by atomic mass is 32.2. The molecule has 1 N–H and O–H groups in total. The van der Waals surface area contributed by atoms with Crippen molar-refractivity contribution in [2.75, 3.05) is 18.4 Å². The molecule has 1 heterocycles. The Balaban J connectivity index is 1.82. The molecule has 29 heavy (non-hydrogen) atoms. The van der Waals surface area contributed by atoms with Crippen LogP contribution in [0.5, 0.6) is 0 Å². The zero-order chi connectivity index (χ0) is 21.2. The van der Waals surface area contributed by atoms with Gasteiger partial charge in [-0.1, -0.05) is 44.2 Å². The van der Waals surface area contributed by atoms with E-state index in [2.05, 4.69) is 10.4 Å². The van der Waals surface area contributed by atoms with Crippen molar-refractivity contribution in [1.82, 2.24) is 14.1 Å². The molecule has 7 nitrogen and oxygen atoms in total. The van der Waals surface area contributed by atoms with E-state index in [0.29, 0.717) is 30.2 Å². The van der Waals surface area contributed by atoms with Crippen LogP contribution in [0.1, 0.15) is 25.2 Å². The predicted molar refractivity (Wildman–Crippen MR) is 114 cm³/mol. The van der Waals surface area contributed by atoms with Gasteiger partial charge in [0.05, 0.1) is 11.4 Å². The molecule has 0 aliphatic carbocycles. The first kappa shape index (κ1) is 21.0. The molecule has 0 unspecified atom stereocenters. The summed E-state index contributed by atoms with van der Waals surface area (Å²) in [7, 11) is -3.64. The number of nitrogens with zero attached hydrogens (tertiary/aromatic N) is 3. The van der Waals surface area contributed by atoms with Crippen LogP contribution in [-0.2, 0) is 21.4 Å². The number of benzene rings is 2. The second kappa shape index (κ2) is 8.34. The Morgan fingerprint density at radius 3 is 2.38 bits per heavy atom. The molecule has 0 bridgehead atoms. The van der Waals surface area contributed by atoms with Gasteiger partial charge in [0.15, 0.2) is 0 Å². The molecule has 1 aromatic heterocycles. The first-order valence-electron chi connectivity index (χ1n) is 9.60. The summed E-state index contributed by atoms with van der Waals surface area (Å²) in [4.78, 5) is 12.7. The number of aryl methyl sites for hydroxylation is 1. The SMILES string of the molecule is CCN(CC)S(=O)(=O)c1c(C)nn(CC(=O)Nc2ccc3ccccc3c2)c1C. The molecule has 0 radical (unpaired) electrons. The maximum absolute atomic E-state index is 12.9. The number of aromatic nitrogens is 2. The van der Waals surface area contributed by atoms with Gasteiger partial charge in [-0.3, -0.25) is 9.48 Å². The Bertz CT molecular complexity index is 1150. The number of carbonyl (C=O) groups is 1. The van der Waals surface area contributed by atoms with E-state index < -0.39 is 10.0 Å². The van der Waals surface area contributed by atoms with E-state index in [1.165, 1.54) is 8.99 Å². The fourth-order valence-corrected chi connectivity index (χ4v) is 5.33. The van der Waals surface area contributed by atoms with E-state index in [4.69, 9.17) is 0 Å². The third kappa shape index (κ3) is 4.18. The lowest BCUT2D eigenvalue weighted by Gasteiger charge is -2.18. The largest absolute Gasteiger partial charge is 0.324 e. The molecule has 2 aromatic carbocycles. The predicted octanol–water partition coefficient (Wildman–Crippen LogP) is 3.32. The van der Waals surface area contributed by atoms with Gasteiger partial charge >= 0.3 is 0 Å². The van der Waals surface area contributed by atoms with E-state index in [0.717, 1.165) is 10.8 Å². The Labute approximate surface area is 171 Å². The molecule has 154 valence electrons. The molecule has 0 saturated carbocycles. The van der Waals surface area contributed by atoms with Crippen LogP contribution in [0.3, 0.4) is 0 Å². The molecule has 0 atom stereocenters. The van der Waals surface area contributed by atoms with Crippen LogP contribution < -0.4 is 5.32 Å². The van der Waals surface area contributed by atoms with Crippen LogP contribution in [0.2, 0.25) is 0 Å². The quantitative estimate of drug-likeness (QED) is 0.643. The third-order valence-corrected chi connectivity index (χ3v) is 7.25. The molecular weight excluding hydrogens is 388 g/mol. The molecule has 3 aromatic rings. The summed E-state index contributed by atoms with van der Waals surface area (Å²) in [5.74, 6) is -0.266. The smallest absolute Gasteiger partial charge is 0.246 e. The van der Waals surface area contributed by atoms with Crippen LogP contribution in [0.15, 0.2) is 47.4 Å². The average Bonchev–Trinajstić information content (AvgIpc) is 2.96. The standard InChI is InChI=1S/C21H26N4O3S/c1-5-24(6-2)29(27,28)21-15(3)23-25(16(21)4)14-20(26)22-19-12-11-17-9-7-8-10-18(17)13-19/h7-13H,5-6,14H2,1-4H3,(H,22,26). The number of carbonyl (C=O) groups excluding carboxylic acids is 1. The van der Waals surface area contributed by atoms with Gasteiger partial charge in [-0.25, -0.2) is 8.42 Å². The van der Waals surface area contributed by atoms with Crippen molar-refractivity contribution in [2.45, 2.75) is 39.1 Å². The van der Waals surface area contributed by atoms with Gasteiger partial charge in [0, 0.05) is 18.8 Å². The van der Waals surface area contributed by atoms with Gasteiger partial charge in [0.25, 0.3) is 0 Å².